The van der Waals surface area contributed by atoms with Crippen molar-refractivity contribution in [1.82, 2.24) is 24.3 Å². The lowest BCUT2D eigenvalue weighted by Gasteiger charge is -2.34. The molecule has 136 valence electrons. The van der Waals surface area contributed by atoms with Gasteiger partial charge in [-0.25, -0.2) is 9.97 Å². The van der Waals surface area contributed by atoms with Crippen molar-refractivity contribution < 1.29 is 4.79 Å². The minimum atomic E-state index is 0.114. The Hall–Kier alpha value is -1.73. The molecule has 1 saturated heterocycles. The van der Waals surface area contributed by atoms with E-state index in [0.29, 0.717) is 13.0 Å². The maximum absolute atomic E-state index is 12.3. The Morgan fingerprint density at radius 3 is 2.60 bits per heavy atom. The highest BCUT2D eigenvalue weighted by molar-refractivity contribution is 7.09. The molecule has 2 aromatic heterocycles. The molecular formula is C18H27N5OS. The van der Waals surface area contributed by atoms with Crippen LogP contribution in [0.25, 0.3) is 0 Å². The zero-order valence-electron chi connectivity index (χ0n) is 15.3. The van der Waals surface area contributed by atoms with E-state index in [1.807, 2.05) is 15.7 Å². The lowest BCUT2D eigenvalue weighted by molar-refractivity contribution is -0.133. The molecule has 0 bridgehead atoms. The summed E-state index contributed by atoms with van der Waals surface area (Å²) in [5, 5.41) is 3.36. The first-order valence-electron chi connectivity index (χ1n) is 8.82. The number of carbonyl (C=O) groups excluding carboxylic acids is 1. The van der Waals surface area contributed by atoms with Crippen molar-refractivity contribution >= 4 is 17.2 Å². The first-order valence-corrected chi connectivity index (χ1v) is 9.70. The van der Waals surface area contributed by atoms with Gasteiger partial charge in [-0.15, -0.1) is 11.3 Å². The highest BCUT2D eigenvalue weighted by Gasteiger charge is 2.23. The van der Waals surface area contributed by atoms with Crippen molar-refractivity contribution in [3.63, 3.8) is 0 Å². The predicted octanol–water partition coefficient (Wildman–Crippen LogP) is 2.37. The van der Waals surface area contributed by atoms with Crippen LogP contribution in [-0.4, -0.2) is 56.4 Å². The van der Waals surface area contributed by atoms with Crippen LogP contribution in [0.15, 0.2) is 24.1 Å². The average molecular weight is 362 g/mol. The molecule has 25 heavy (non-hydrogen) atoms. The van der Waals surface area contributed by atoms with Crippen LogP contribution in [0.1, 0.15) is 37.9 Å². The summed E-state index contributed by atoms with van der Waals surface area (Å²) in [4.78, 5) is 25.5. The molecule has 6 nitrogen and oxygen atoms in total. The van der Waals surface area contributed by atoms with Crippen molar-refractivity contribution in [3.05, 3.63) is 34.8 Å². The molecule has 0 atom stereocenters. The first-order chi connectivity index (χ1) is 11.9. The molecule has 2 aromatic rings. The van der Waals surface area contributed by atoms with Gasteiger partial charge >= 0.3 is 0 Å². The van der Waals surface area contributed by atoms with Crippen molar-refractivity contribution in [3.8, 4) is 0 Å². The molecule has 1 aliphatic rings. The molecule has 0 N–H and O–H groups in total. The second-order valence-corrected chi connectivity index (χ2v) is 8.46. The summed E-state index contributed by atoms with van der Waals surface area (Å²) in [5.74, 6) is 0.233. The molecule has 1 amide bonds. The number of carbonyl (C=O) groups is 1. The minimum Gasteiger partial charge on any atom is -0.340 e. The van der Waals surface area contributed by atoms with Gasteiger partial charge in [-0.05, 0) is 0 Å². The van der Waals surface area contributed by atoms with Gasteiger partial charge in [0.25, 0.3) is 0 Å². The number of rotatable bonds is 5. The number of nitrogens with zero attached hydrogens (tertiary/aromatic N) is 5. The van der Waals surface area contributed by atoms with Crippen molar-refractivity contribution in [1.29, 1.82) is 0 Å². The van der Waals surface area contributed by atoms with Crippen molar-refractivity contribution in [2.24, 2.45) is 0 Å². The lowest BCUT2D eigenvalue weighted by atomic mass is 9.98. The number of aromatic nitrogens is 3. The molecule has 0 unspecified atom stereocenters. The Bertz CT molecular complexity index is 681. The Morgan fingerprint density at radius 1 is 1.24 bits per heavy atom. The summed E-state index contributed by atoms with van der Waals surface area (Å²) in [6.45, 7) is 11.6. The van der Waals surface area contributed by atoms with Crippen LogP contribution in [0.5, 0.6) is 0 Å². The van der Waals surface area contributed by atoms with E-state index in [4.69, 9.17) is 4.98 Å². The molecule has 0 radical (unpaired) electrons. The fourth-order valence-corrected chi connectivity index (χ4v) is 3.81. The maximum atomic E-state index is 12.3. The fraction of sp³-hybridized carbons (Fsp3) is 0.611. The average Bonchev–Trinajstić information content (AvgIpc) is 3.24. The Balaban J connectivity index is 1.43. The third-order valence-corrected chi connectivity index (χ3v) is 5.76. The Labute approximate surface area is 153 Å². The predicted molar refractivity (Wildman–Crippen MR) is 99.5 cm³/mol. The second-order valence-electron chi connectivity index (χ2n) is 7.60. The molecule has 0 aliphatic carbocycles. The van der Waals surface area contributed by atoms with E-state index < -0.39 is 0 Å². The van der Waals surface area contributed by atoms with Crippen LogP contribution < -0.4 is 0 Å². The van der Waals surface area contributed by atoms with Crippen molar-refractivity contribution in [2.75, 3.05) is 26.2 Å². The largest absolute Gasteiger partial charge is 0.340 e. The summed E-state index contributed by atoms with van der Waals surface area (Å²) < 4.78 is 1.95. The van der Waals surface area contributed by atoms with E-state index in [1.165, 1.54) is 5.01 Å². The van der Waals surface area contributed by atoms with E-state index in [0.717, 1.165) is 38.4 Å². The first kappa shape index (κ1) is 18.1. The maximum Gasteiger partial charge on any atom is 0.224 e. The van der Waals surface area contributed by atoms with Gasteiger partial charge in [-0.1, -0.05) is 20.8 Å². The van der Waals surface area contributed by atoms with Gasteiger partial charge in [0.2, 0.25) is 5.91 Å². The molecule has 1 aliphatic heterocycles. The van der Waals surface area contributed by atoms with Crippen LogP contribution in [0.4, 0.5) is 0 Å². The molecular weight excluding hydrogens is 334 g/mol. The number of aryl methyl sites for hydroxylation is 1. The number of thiazole rings is 1. The van der Waals surface area contributed by atoms with E-state index in [2.05, 4.69) is 36.0 Å². The molecule has 7 heteroatoms. The summed E-state index contributed by atoms with van der Waals surface area (Å²) in [6.07, 6.45) is 5.93. The van der Waals surface area contributed by atoms with Crippen LogP contribution >= 0.6 is 11.3 Å². The molecule has 3 heterocycles. The van der Waals surface area contributed by atoms with Gasteiger partial charge in [0, 0.05) is 68.9 Å². The fourth-order valence-electron chi connectivity index (χ4n) is 2.91. The topological polar surface area (TPSA) is 54.3 Å². The standard InChI is InChI=1S/C18H27N5OS/c1-18(2,3)17-20-15(13-25-17)12-21-8-10-23(11-9-21)16(24)4-6-22-7-5-19-14-22/h5,7,13-14H,4,6,8-12H2,1-3H3. The van der Waals surface area contributed by atoms with Crippen LogP contribution in [-0.2, 0) is 23.3 Å². The summed E-state index contributed by atoms with van der Waals surface area (Å²) >= 11 is 1.75. The third-order valence-electron chi connectivity index (χ3n) is 4.45. The lowest BCUT2D eigenvalue weighted by Crippen LogP contribution is -2.48. The Morgan fingerprint density at radius 2 is 2.00 bits per heavy atom. The number of hydrogen-bond acceptors (Lipinski definition) is 5. The molecule has 3 rings (SSSR count). The summed E-state index contributed by atoms with van der Waals surface area (Å²) in [6, 6.07) is 0. The van der Waals surface area contributed by atoms with Gasteiger partial charge in [-0.2, -0.15) is 0 Å². The molecule has 0 saturated carbocycles. The van der Waals surface area contributed by atoms with Gasteiger partial charge < -0.3 is 9.47 Å². The van der Waals surface area contributed by atoms with Gasteiger partial charge in [0.05, 0.1) is 17.0 Å². The zero-order valence-corrected chi connectivity index (χ0v) is 16.1. The van der Waals surface area contributed by atoms with E-state index in [-0.39, 0.29) is 11.3 Å². The molecule has 1 fully saturated rings. The van der Waals surface area contributed by atoms with Crippen LogP contribution in [0.2, 0.25) is 0 Å². The third kappa shape index (κ3) is 4.89. The molecule has 0 aromatic carbocycles. The highest BCUT2D eigenvalue weighted by atomic mass is 32.1. The number of piperazine rings is 1. The van der Waals surface area contributed by atoms with Crippen molar-refractivity contribution in [2.45, 2.75) is 45.7 Å². The number of amides is 1. The summed E-state index contributed by atoms with van der Waals surface area (Å²) in [7, 11) is 0. The van der Waals surface area contributed by atoms with E-state index in [1.54, 1.807) is 23.9 Å². The van der Waals surface area contributed by atoms with Crippen LogP contribution in [0.3, 0.4) is 0 Å². The quantitative estimate of drug-likeness (QED) is 0.820. The normalized spacial score (nSPS) is 16.4. The monoisotopic (exact) mass is 361 g/mol. The SMILES string of the molecule is CC(C)(C)c1nc(CN2CCN(C(=O)CCn3ccnc3)CC2)cs1. The highest BCUT2D eigenvalue weighted by Crippen LogP contribution is 2.26. The molecule has 0 spiro atoms. The van der Waals surface area contributed by atoms with Gasteiger partial charge in [0.1, 0.15) is 0 Å². The zero-order chi connectivity index (χ0) is 17.9. The second kappa shape index (κ2) is 7.66. The minimum absolute atomic E-state index is 0.114. The van der Waals surface area contributed by atoms with E-state index >= 15 is 0 Å². The number of hydrogen-bond donors (Lipinski definition) is 0. The van der Waals surface area contributed by atoms with Gasteiger partial charge in [-0.3, -0.25) is 9.69 Å². The van der Waals surface area contributed by atoms with E-state index in [9.17, 15) is 4.79 Å². The van der Waals surface area contributed by atoms with Crippen LogP contribution in [0, 0.1) is 0 Å². The summed E-state index contributed by atoms with van der Waals surface area (Å²) in [5.41, 5.74) is 1.26. The van der Waals surface area contributed by atoms with Gasteiger partial charge in [0.15, 0.2) is 0 Å². The smallest absolute Gasteiger partial charge is 0.224 e. The number of imidazole rings is 1. The Kier molecular flexibility index (Phi) is 5.54.